The van der Waals surface area contributed by atoms with Gasteiger partial charge in [0.2, 0.25) is 0 Å². The van der Waals surface area contributed by atoms with Crippen molar-refractivity contribution in [2.75, 3.05) is 12.3 Å². The Bertz CT molecular complexity index is 422. The van der Waals surface area contributed by atoms with Crippen LogP contribution in [0.5, 0.6) is 5.75 Å². The predicted octanol–water partition coefficient (Wildman–Crippen LogP) is -0.0184. The standard InChI is InChI=1S/C9H10FN3O3/c10-6-3-5(1-2-7(6)11)16-4-8(14)13-9(12)15/h1-3H,4,11H2,(H3,12,13,14,15). The third kappa shape index (κ3) is 3.45. The van der Waals surface area contributed by atoms with Crippen LogP contribution >= 0.6 is 0 Å². The molecule has 0 saturated carbocycles. The number of imide groups is 1. The number of halogens is 1. The number of rotatable bonds is 3. The molecule has 7 heteroatoms. The minimum Gasteiger partial charge on any atom is -0.484 e. The van der Waals surface area contributed by atoms with Gasteiger partial charge in [-0.1, -0.05) is 0 Å². The minimum atomic E-state index is -0.975. The third-order valence-corrected chi connectivity index (χ3v) is 1.60. The Morgan fingerprint density at radius 2 is 2.12 bits per heavy atom. The van der Waals surface area contributed by atoms with Crippen LogP contribution in [0.3, 0.4) is 0 Å². The van der Waals surface area contributed by atoms with Crippen molar-refractivity contribution in [3.63, 3.8) is 0 Å². The smallest absolute Gasteiger partial charge is 0.318 e. The summed E-state index contributed by atoms with van der Waals surface area (Å²) in [5, 5.41) is 1.80. The summed E-state index contributed by atoms with van der Waals surface area (Å²) in [7, 11) is 0. The van der Waals surface area contributed by atoms with E-state index in [4.69, 9.17) is 16.2 Å². The summed E-state index contributed by atoms with van der Waals surface area (Å²) >= 11 is 0. The number of carbonyl (C=O) groups is 2. The summed E-state index contributed by atoms with van der Waals surface area (Å²) in [6.07, 6.45) is 0. The molecule has 0 saturated heterocycles. The lowest BCUT2D eigenvalue weighted by molar-refractivity contribution is -0.121. The van der Waals surface area contributed by atoms with E-state index in [-0.39, 0.29) is 11.4 Å². The van der Waals surface area contributed by atoms with E-state index in [1.165, 1.54) is 12.1 Å². The summed E-state index contributed by atoms with van der Waals surface area (Å²) < 4.78 is 17.8. The molecule has 0 radical (unpaired) electrons. The number of anilines is 1. The number of hydrogen-bond acceptors (Lipinski definition) is 4. The molecule has 0 aromatic heterocycles. The molecular weight excluding hydrogens is 217 g/mol. The molecule has 0 heterocycles. The van der Waals surface area contributed by atoms with Crippen LogP contribution in [0.4, 0.5) is 14.9 Å². The highest BCUT2D eigenvalue weighted by atomic mass is 19.1. The molecule has 0 unspecified atom stereocenters. The van der Waals surface area contributed by atoms with Gasteiger partial charge in [0.25, 0.3) is 5.91 Å². The van der Waals surface area contributed by atoms with Gasteiger partial charge in [0.05, 0.1) is 5.69 Å². The lowest BCUT2D eigenvalue weighted by Crippen LogP contribution is -2.38. The Labute approximate surface area is 90.4 Å². The Balaban J connectivity index is 2.51. The summed E-state index contributed by atoms with van der Waals surface area (Å²) in [5.74, 6) is -1.23. The number of hydrogen-bond donors (Lipinski definition) is 3. The van der Waals surface area contributed by atoms with Crippen LogP contribution in [0.2, 0.25) is 0 Å². The van der Waals surface area contributed by atoms with Crippen LogP contribution in [0.15, 0.2) is 18.2 Å². The van der Waals surface area contributed by atoms with Gasteiger partial charge < -0.3 is 16.2 Å². The first-order valence-corrected chi connectivity index (χ1v) is 4.26. The number of nitrogens with one attached hydrogen (secondary N) is 1. The maximum Gasteiger partial charge on any atom is 0.318 e. The van der Waals surface area contributed by atoms with E-state index in [1.54, 1.807) is 5.32 Å². The fourth-order valence-electron chi connectivity index (χ4n) is 0.920. The molecular formula is C9H10FN3O3. The van der Waals surface area contributed by atoms with Crippen molar-refractivity contribution in [3.8, 4) is 5.75 Å². The average molecular weight is 227 g/mol. The Morgan fingerprint density at radius 3 is 2.69 bits per heavy atom. The first-order valence-electron chi connectivity index (χ1n) is 4.26. The van der Waals surface area contributed by atoms with Gasteiger partial charge in [0.1, 0.15) is 11.6 Å². The zero-order valence-electron chi connectivity index (χ0n) is 8.20. The molecule has 0 atom stereocenters. The van der Waals surface area contributed by atoms with Gasteiger partial charge in [-0.2, -0.15) is 0 Å². The maximum atomic E-state index is 12.9. The van der Waals surface area contributed by atoms with Crippen LogP contribution in [-0.4, -0.2) is 18.5 Å². The fourth-order valence-corrected chi connectivity index (χ4v) is 0.920. The van der Waals surface area contributed by atoms with Crippen LogP contribution in [-0.2, 0) is 4.79 Å². The van der Waals surface area contributed by atoms with Gasteiger partial charge in [-0.05, 0) is 12.1 Å². The van der Waals surface area contributed by atoms with Gasteiger partial charge in [-0.3, -0.25) is 10.1 Å². The lowest BCUT2D eigenvalue weighted by Gasteiger charge is -2.06. The monoisotopic (exact) mass is 227 g/mol. The normalized spacial score (nSPS) is 9.56. The molecule has 0 spiro atoms. The number of ether oxygens (including phenoxy) is 1. The van der Waals surface area contributed by atoms with E-state index in [0.717, 1.165) is 6.07 Å². The number of nitrogen functional groups attached to an aromatic ring is 1. The highest BCUT2D eigenvalue weighted by Crippen LogP contribution is 2.17. The van der Waals surface area contributed by atoms with E-state index in [9.17, 15) is 14.0 Å². The molecule has 0 bridgehead atoms. The molecule has 5 N–H and O–H groups in total. The first kappa shape index (κ1) is 11.8. The third-order valence-electron chi connectivity index (χ3n) is 1.60. The molecule has 86 valence electrons. The number of carbonyl (C=O) groups excluding carboxylic acids is 2. The van der Waals surface area contributed by atoms with E-state index in [2.05, 4.69) is 0 Å². The van der Waals surface area contributed by atoms with Crippen molar-refractivity contribution < 1.29 is 18.7 Å². The van der Waals surface area contributed by atoms with Crippen LogP contribution in [0, 0.1) is 5.82 Å². The van der Waals surface area contributed by atoms with Crippen molar-refractivity contribution in [3.05, 3.63) is 24.0 Å². The summed E-state index contributed by atoms with van der Waals surface area (Å²) in [5.41, 5.74) is 9.92. The molecule has 16 heavy (non-hydrogen) atoms. The van der Waals surface area contributed by atoms with E-state index in [1.807, 2.05) is 0 Å². The molecule has 0 aliphatic rings. The van der Waals surface area contributed by atoms with Crippen LogP contribution in [0.1, 0.15) is 0 Å². The average Bonchev–Trinajstić information content (AvgIpc) is 2.19. The topological polar surface area (TPSA) is 107 Å². The number of urea groups is 1. The maximum absolute atomic E-state index is 12.9. The highest BCUT2D eigenvalue weighted by Gasteiger charge is 2.06. The Morgan fingerprint density at radius 1 is 1.44 bits per heavy atom. The number of primary amides is 1. The second-order valence-electron chi connectivity index (χ2n) is 2.88. The van der Waals surface area contributed by atoms with Gasteiger partial charge in [0.15, 0.2) is 6.61 Å². The fraction of sp³-hybridized carbons (Fsp3) is 0.111. The van der Waals surface area contributed by atoms with Crippen molar-refractivity contribution >= 4 is 17.6 Å². The minimum absolute atomic E-state index is 0.0195. The SMILES string of the molecule is NC(=O)NC(=O)COc1ccc(N)c(F)c1. The van der Waals surface area contributed by atoms with E-state index < -0.39 is 24.4 Å². The number of amides is 3. The lowest BCUT2D eigenvalue weighted by atomic mass is 10.3. The largest absolute Gasteiger partial charge is 0.484 e. The van der Waals surface area contributed by atoms with Gasteiger partial charge in [-0.15, -0.1) is 0 Å². The van der Waals surface area contributed by atoms with Crippen molar-refractivity contribution in [2.24, 2.45) is 5.73 Å². The molecule has 0 aliphatic heterocycles. The van der Waals surface area contributed by atoms with Crippen molar-refractivity contribution in [2.45, 2.75) is 0 Å². The molecule has 6 nitrogen and oxygen atoms in total. The molecule has 1 aromatic rings. The number of nitrogens with two attached hydrogens (primary N) is 2. The summed E-state index contributed by atoms with van der Waals surface area (Å²) in [4.78, 5) is 21.2. The summed E-state index contributed by atoms with van der Waals surface area (Å²) in [6.45, 7) is -0.438. The van der Waals surface area contributed by atoms with Gasteiger partial charge in [-0.25, -0.2) is 9.18 Å². The van der Waals surface area contributed by atoms with E-state index >= 15 is 0 Å². The first-order chi connectivity index (χ1) is 7.49. The molecule has 0 aliphatic carbocycles. The second kappa shape index (κ2) is 4.96. The predicted molar refractivity (Wildman–Crippen MR) is 54.0 cm³/mol. The van der Waals surface area contributed by atoms with Gasteiger partial charge >= 0.3 is 6.03 Å². The quantitative estimate of drug-likeness (QED) is 0.630. The molecule has 1 rings (SSSR count). The number of benzene rings is 1. The molecule has 0 fully saturated rings. The zero-order chi connectivity index (χ0) is 12.1. The van der Waals surface area contributed by atoms with Crippen molar-refractivity contribution in [1.29, 1.82) is 0 Å². The van der Waals surface area contributed by atoms with Crippen LogP contribution < -0.4 is 21.5 Å². The summed E-state index contributed by atoms with van der Waals surface area (Å²) in [6, 6.07) is 2.76. The zero-order valence-corrected chi connectivity index (χ0v) is 8.20. The Kier molecular flexibility index (Phi) is 3.65. The Hall–Kier alpha value is -2.31. The van der Waals surface area contributed by atoms with Crippen LogP contribution in [0.25, 0.3) is 0 Å². The molecule has 1 aromatic carbocycles. The highest BCUT2D eigenvalue weighted by molar-refractivity contribution is 5.94. The molecule has 3 amide bonds. The second-order valence-corrected chi connectivity index (χ2v) is 2.88. The van der Waals surface area contributed by atoms with Gasteiger partial charge in [0, 0.05) is 6.07 Å². The van der Waals surface area contributed by atoms with E-state index in [0.29, 0.717) is 0 Å². The van der Waals surface area contributed by atoms with Crippen molar-refractivity contribution in [1.82, 2.24) is 5.32 Å².